The van der Waals surface area contributed by atoms with E-state index in [2.05, 4.69) is 40.4 Å². The molecular formula is C26H28N4O4S. The summed E-state index contributed by atoms with van der Waals surface area (Å²) in [5, 5.41) is 6.29. The molecule has 0 atom stereocenters. The van der Waals surface area contributed by atoms with Crippen molar-refractivity contribution < 1.29 is 19.1 Å². The van der Waals surface area contributed by atoms with Crippen LogP contribution in [-0.4, -0.2) is 47.3 Å². The number of nitrogens with zero attached hydrogens (tertiary/aromatic N) is 2. The predicted octanol–water partition coefficient (Wildman–Crippen LogP) is 4.64. The van der Waals surface area contributed by atoms with Crippen LogP contribution < -0.4 is 20.1 Å². The second-order valence-electron chi connectivity index (χ2n) is 7.88. The Morgan fingerprint density at radius 3 is 2.60 bits per heavy atom. The minimum atomic E-state index is -0.267. The van der Waals surface area contributed by atoms with Gasteiger partial charge in [0.05, 0.1) is 11.3 Å². The van der Waals surface area contributed by atoms with Crippen LogP contribution >= 0.6 is 11.8 Å². The van der Waals surface area contributed by atoms with Crippen LogP contribution in [0.25, 0.3) is 0 Å². The van der Waals surface area contributed by atoms with Crippen molar-refractivity contribution >= 4 is 35.0 Å². The van der Waals surface area contributed by atoms with Gasteiger partial charge in [0.15, 0.2) is 11.5 Å². The molecule has 4 rings (SSSR count). The number of carbonyl (C=O) groups is 2. The molecule has 35 heavy (non-hydrogen) atoms. The van der Waals surface area contributed by atoms with E-state index in [1.165, 1.54) is 11.8 Å². The van der Waals surface area contributed by atoms with E-state index >= 15 is 0 Å². The Bertz CT molecular complexity index is 1200. The first kappa shape index (κ1) is 24.6. The summed E-state index contributed by atoms with van der Waals surface area (Å²) in [5.74, 6) is 0.873. The van der Waals surface area contributed by atoms with E-state index < -0.39 is 0 Å². The molecule has 0 saturated carbocycles. The molecule has 0 fully saturated rings. The standard InChI is InChI=1S/C26H28N4O4S/c1-3-30(4-2)15-18-7-5-8-19(13-18)29-25(32)21-9-6-12-27-26(21)35-16-24(31)28-20-10-11-22-23(14-20)34-17-33-22/h5-14H,3-4,15-17H2,1-2H3,(H,28,31)(H,29,32). The van der Waals surface area contributed by atoms with Gasteiger partial charge in [0.1, 0.15) is 5.03 Å². The van der Waals surface area contributed by atoms with Gasteiger partial charge in [-0.15, -0.1) is 0 Å². The monoisotopic (exact) mass is 492 g/mol. The zero-order valence-electron chi connectivity index (χ0n) is 19.7. The number of anilines is 2. The molecule has 3 aromatic rings. The van der Waals surface area contributed by atoms with E-state index in [-0.39, 0.29) is 24.4 Å². The maximum absolute atomic E-state index is 13.0. The molecule has 2 aromatic carbocycles. The van der Waals surface area contributed by atoms with Gasteiger partial charge < -0.3 is 20.1 Å². The van der Waals surface area contributed by atoms with Gasteiger partial charge in [-0.2, -0.15) is 0 Å². The van der Waals surface area contributed by atoms with Crippen LogP contribution in [0, 0.1) is 0 Å². The highest BCUT2D eigenvalue weighted by Crippen LogP contribution is 2.34. The number of hydrogen-bond acceptors (Lipinski definition) is 7. The van der Waals surface area contributed by atoms with Crippen molar-refractivity contribution in [3.63, 3.8) is 0 Å². The highest BCUT2D eigenvalue weighted by molar-refractivity contribution is 8.00. The maximum atomic E-state index is 13.0. The third-order valence-electron chi connectivity index (χ3n) is 5.50. The van der Waals surface area contributed by atoms with Crippen LogP contribution in [-0.2, 0) is 11.3 Å². The minimum Gasteiger partial charge on any atom is -0.454 e. The van der Waals surface area contributed by atoms with Gasteiger partial charge in [-0.1, -0.05) is 37.7 Å². The molecule has 182 valence electrons. The van der Waals surface area contributed by atoms with Crippen molar-refractivity contribution in [3.05, 3.63) is 71.9 Å². The highest BCUT2D eigenvalue weighted by atomic mass is 32.2. The summed E-state index contributed by atoms with van der Waals surface area (Å²) in [6.07, 6.45) is 1.61. The summed E-state index contributed by atoms with van der Waals surface area (Å²) in [5.41, 5.74) is 2.89. The van der Waals surface area contributed by atoms with Gasteiger partial charge >= 0.3 is 0 Å². The number of ether oxygens (including phenoxy) is 2. The number of fused-ring (bicyclic) bond motifs is 1. The lowest BCUT2D eigenvalue weighted by Crippen LogP contribution is -2.22. The second-order valence-corrected chi connectivity index (χ2v) is 8.84. The normalized spacial score (nSPS) is 12.0. The predicted molar refractivity (Wildman–Crippen MR) is 137 cm³/mol. The Morgan fingerprint density at radius 1 is 0.971 bits per heavy atom. The van der Waals surface area contributed by atoms with Gasteiger partial charge in [0, 0.05) is 30.2 Å². The number of carbonyl (C=O) groups excluding carboxylic acids is 2. The highest BCUT2D eigenvalue weighted by Gasteiger charge is 2.17. The molecule has 1 aliphatic heterocycles. The molecule has 0 radical (unpaired) electrons. The molecule has 8 nitrogen and oxygen atoms in total. The molecule has 2 heterocycles. The fourth-order valence-corrected chi connectivity index (χ4v) is 4.43. The molecule has 2 N–H and O–H groups in total. The van der Waals surface area contributed by atoms with Crippen LogP contribution in [0.4, 0.5) is 11.4 Å². The number of aromatic nitrogens is 1. The molecule has 0 bridgehead atoms. The molecule has 0 aliphatic carbocycles. The number of rotatable bonds is 10. The van der Waals surface area contributed by atoms with Gasteiger partial charge in [-0.05, 0) is 55.1 Å². The number of pyridine rings is 1. The number of benzene rings is 2. The van der Waals surface area contributed by atoms with Crippen LogP contribution in [0.1, 0.15) is 29.8 Å². The largest absolute Gasteiger partial charge is 0.454 e. The Kier molecular flexibility index (Phi) is 8.23. The fourth-order valence-electron chi connectivity index (χ4n) is 3.64. The van der Waals surface area contributed by atoms with Crippen LogP contribution in [0.15, 0.2) is 65.8 Å². The maximum Gasteiger partial charge on any atom is 0.258 e. The van der Waals surface area contributed by atoms with E-state index in [1.54, 1.807) is 36.5 Å². The molecule has 0 unspecified atom stereocenters. The van der Waals surface area contributed by atoms with Crippen molar-refractivity contribution in [2.45, 2.75) is 25.4 Å². The molecule has 0 saturated heterocycles. The van der Waals surface area contributed by atoms with Gasteiger partial charge in [-0.3, -0.25) is 14.5 Å². The average Bonchev–Trinajstić information content (AvgIpc) is 3.34. The van der Waals surface area contributed by atoms with Crippen molar-refractivity contribution in [1.29, 1.82) is 0 Å². The first-order chi connectivity index (χ1) is 17.1. The Hall–Kier alpha value is -3.56. The van der Waals surface area contributed by atoms with Gasteiger partial charge in [0.2, 0.25) is 12.7 Å². The molecule has 1 aromatic heterocycles. The molecular weight excluding hydrogens is 464 g/mol. The summed E-state index contributed by atoms with van der Waals surface area (Å²) < 4.78 is 10.6. The van der Waals surface area contributed by atoms with Crippen molar-refractivity contribution in [2.75, 3.05) is 36.3 Å². The SMILES string of the molecule is CCN(CC)Cc1cccc(NC(=O)c2cccnc2SCC(=O)Nc2ccc3c(c2)OCO3)c1. The zero-order chi connectivity index (χ0) is 24.6. The average molecular weight is 493 g/mol. The summed E-state index contributed by atoms with van der Waals surface area (Å²) in [6, 6.07) is 16.5. The quantitative estimate of drug-likeness (QED) is 0.399. The Morgan fingerprint density at radius 2 is 1.77 bits per heavy atom. The lowest BCUT2D eigenvalue weighted by Gasteiger charge is -2.18. The number of amides is 2. The molecule has 2 amide bonds. The summed E-state index contributed by atoms with van der Waals surface area (Å²) >= 11 is 1.21. The first-order valence-electron chi connectivity index (χ1n) is 11.5. The number of thioether (sulfide) groups is 1. The minimum absolute atomic E-state index is 0.102. The van der Waals surface area contributed by atoms with E-state index in [1.807, 2.05) is 18.2 Å². The number of nitrogens with one attached hydrogen (secondary N) is 2. The van der Waals surface area contributed by atoms with Crippen molar-refractivity contribution in [3.8, 4) is 11.5 Å². The Labute approximate surface area is 209 Å². The van der Waals surface area contributed by atoms with Crippen LogP contribution in [0.5, 0.6) is 11.5 Å². The van der Waals surface area contributed by atoms with Gasteiger partial charge in [0.25, 0.3) is 5.91 Å². The lowest BCUT2D eigenvalue weighted by molar-refractivity contribution is -0.113. The van der Waals surface area contributed by atoms with E-state index in [4.69, 9.17) is 9.47 Å². The van der Waals surface area contributed by atoms with Crippen LogP contribution in [0.2, 0.25) is 0 Å². The fraction of sp³-hybridized carbons (Fsp3) is 0.269. The number of hydrogen-bond donors (Lipinski definition) is 2. The van der Waals surface area contributed by atoms with Crippen molar-refractivity contribution in [2.24, 2.45) is 0 Å². The van der Waals surface area contributed by atoms with E-state index in [0.717, 1.165) is 30.9 Å². The summed E-state index contributed by atoms with van der Waals surface area (Å²) in [7, 11) is 0. The third-order valence-corrected chi connectivity index (χ3v) is 6.50. The second kappa shape index (κ2) is 11.7. The van der Waals surface area contributed by atoms with Crippen LogP contribution in [0.3, 0.4) is 0 Å². The molecule has 0 spiro atoms. The van der Waals surface area contributed by atoms with E-state index in [9.17, 15) is 9.59 Å². The molecule has 1 aliphatic rings. The van der Waals surface area contributed by atoms with E-state index in [0.29, 0.717) is 27.8 Å². The van der Waals surface area contributed by atoms with Gasteiger partial charge in [-0.25, -0.2) is 4.98 Å². The molecule has 9 heteroatoms. The topological polar surface area (TPSA) is 92.8 Å². The smallest absolute Gasteiger partial charge is 0.258 e. The van der Waals surface area contributed by atoms with Crippen molar-refractivity contribution in [1.82, 2.24) is 9.88 Å². The zero-order valence-corrected chi connectivity index (χ0v) is 20.6. The third kappa shape index (κ3) is 6.52. The first-order valence-corrected chi connectivity index (χ1v) is 12.4. The summed E-state index contributed by atoms with van der Waals surface area (Å²) in [4.78, 5) is 32.2. The lowest BCUT2D eigenvalue weighted by atomic mass is 10.1. The Balaban J connectivity index is 1.37. The summed E-state index contributed by atoms with van der Waals surface area (Å²) in [6.45, 7) is 7.19.